The Hall–Kier alpha value is -0.610. The SMILES string of the molecule is NCCc1nc2n(n1)CCC(Cl)C2. The van der Waals surface area contributed by atoms with Crippen molar-refractivity contribution in [1.29, 1.82) is 0 Å². The monoisotopic (exact) mass is 200 g/mol. The summed E-state index contributed by atoms with van der Waals surface area (Å²) in [5.74, 6) is 1.86. The molecule has 2 N–H and O–H groups in total. The van der Waals surface area contributed by atoms with Crippen LogP contribution < -0.4 is 5.73 Å². The summed E-state index contributed by atoms with van der Waals surface area (Å²) >= 11 is 6.02. The number of alkyl halides is 1. The molecule has 1 aliphatic rings. The second kappa shape index (κ2) is 3.64. The molecule has 1 atom stereocenters. The fourth-order valence-electron chi connectivity index (χ4n) is 1.55. The summed E-state index contributed by atoms with van der Waals surface area (Å²) in [7, 11) is 0. The van der Waals surface area contributed by atoms with Crippen molar-refractivity contribution >= 4 is 11.6 Å². The lowest BCUT2D eigenvalue weighted by Gasteiger charge is -2.15. The Labute approximate surface area is 82.1 Å². The van der Waals surface area contributed by atoms with Crippen LogP contribution in [0.25, 0.3) is 0 Å². The quantitative estimate of drug-likeness (QED) is 0.701. The largest absolute Gasteiger partial charge is 0.330 e. The third kappa shape index (κ3) is 1.84. The number of fused-ring (bicyclic) bond motifs is 1. The van der Waals surface area contributed by atoms with Gasteiger partial charge in [0.2, 0.25) is 0 Å². The highest BCUT2D eigenvalue weighted by atomic mass is 35.5. The summed E-state index contributed by atoms with van der Waals surface area (Å²) in [4.78, 5) is 4.38. The van der Waals surface area contributed by atoms with Crippen LogP contribution in [0.5, 0.6) is 0 Å². The number of halogens is 1. The van der Waals surface area contributed by atoms with Crippen molar-refractivity contribution in [1.82, 2.24) is 14.8 Å². The second-order valence-corrected chi connectivity index (χ2v) is 3.91. The standard InChI is InChI=1S/C8H13ClN4/c9-6-2-4-13-8(5-6)11-7(12-13)1-3-10/h6H,1-5,10H2. The molecule has 0 amide bonds. The molecule has 72 valence electrons. The Morgan fingerprint density at radius 1 is 1.62 bits per heavy atom. The van der Waals surface area contributed by atoms with Gasteiger partial charge in [0.15, 0.2) is 5.82 Å². The number of nitrogens with two attached hydrogens (primary N) is 1. The van der Waals surface area contributed by atoms with Gasteiger partial charge in [-0.15, -0.1) is 11.6 Å². The molecule has 4 nitrogen and oxygen atoms in total. The maximum Gasteiger partial charge on any atom is 0.152 e. The van der Waals surface area contributed by atoms with Crippen LogP contribution in [0.2, 0.25) is 0 Å². The molecule has 0 saturated carbocycles. The lowest BCUT2D eigenvalue weighted by Crippen LogP contribution is -2.20. The van der Waals surface area contributed by atoms with E-state index < -0.39 is 0 Å². The van der Waals surface area contributed by atoms with Crippen molar-refractivity contribution in [3.8, 4) is 0 Å². The lowest BCUT2D eigenvalue weighted by molar-refractivity contribution is 0.483. The predicted molar refractivity (Wildman–Crippen MR) is 50.7 cm³/mol. The zero-order chi connectivity index (χ0) is 9.26. The lowest BCUT2D eigenvalue weighted by atomic mass is 10.2. The smallest absolute Gasteiger partial charge is 0.152 e. The third-order valence-corrected chi connectivity index (χ3v) is 2.59. The van der Waals surface area contributed by atoms with E-state index in [9.17, 15) is 0 Å². The third-order valence-electron chi connectivity index (χ3n) is 2.22. The molecular weight excluding hydrogens is 188 g/mol. The summed E-state index contributed by atoms with van der Waals surface area (Å²) in [5.41, 5.74) is 5.43. The number of hydrogen-bond donors (Lipinski definition) is 1. The molecule has 0 bridgehead atoms. The zero-order valence-corrected chi connectivity index (χ0v) is 8.17. The van der Waals surface area contributed by atoms with E-state index in [2.05, 4.69) is 10.1 Å². The van der Waals surface area contributed by atoms with Crippen molar-refractivity contribution in [2.24, 2.45) is 5.73 Å². The Morgan fingerprint density at radius 2 is 2.46 bits per heavy atom. The minimum absolute atomic E-state index is 0.224. The first-order valence-corrected chi connectivity index (χ1v) is 5.00. The van der Waals surface area contributed by atoms with Crippen molar-refractivity contribution in [2.75, 3.05) is 6.54 Å². The van der Waals surface area contributed by atoms with Crippen LogP contribution >= 0.6 is 11.6 Å². The molecule has 1 aromatic rings. The summed E-state index contributed by atoms with van der Waals surface area (Å²) in [6, 6.07) is 0. The van der Waals surface area contributed by atoms with Crippen molar-refractivity contribution in [2.45, 2.75) is 31.2 Å². The molecule has 0 saturated heterocycles. The summed E-state index contributed by atoms with van der Waals surface area (Å²) < 4.78 is 1.95. The average molecular weight is 201 g/mol. The normalized spacial score (nSPS) is 21.5. The molecule has 0 aliphatic carbocycles. The fourth-order valence-corrected chi connectivity index (χ4v) is 1.79. The summed E-state index contributed by atoms with van der Waals surface area (Å²) in [6.45, 7) is 1.49. The molecule has 13 heavy (non-hydrogen) atoms. The maximum atomic E-state index is 6.02. The van der Waals surface area contributed by atoms with Gasteiger partial charge in [-0.05, 0) is 13.0 Å². The maximum absolute atomic E-state index is 6.02. The second-order valence-electron chi connectivity index (χ2n) is 3.30. The number of nitrogens with zero attached hydrogens (tertiary/aromatic N) is 3. The van der Waals surface area contributed by atoms with Crippen LogP contribution in [-0.4, -0.2) is 26.7 Å². The zero-order valence-electron chi connectivity index (χ0n) is 7.41. The number of hydrogen-bond acceptors (Lipinski definition) is 3. The summed E-state index contributed by atoms with van der Waals surface area (Å²) in [5, 5.41) is 4.57. The van der Waals surface area contributed by atoms with Gasteiger partial charge >= 0.3 is 0 Å². The van der Waals surface area contributed by atoms with E-state index in [1.54, 1.807) is 0 Å². The van der Waals surface area contributed by atoms with E-state index in [4.69, 9.17) is 17.3 Å². The average Bonchev–Trinajstić information content (AvgIpc) is 2.46. The summed E-state index contributed by atoms with van der Waals surface area (Å²) in [6.07, 6.45) is 2.58. The molecule has 5 heteroatoms. The first-order chi connectivity index (χ1) is 6.29. The van der Waals surface area contributed by atoms with Gasteiger partial charge in [0, 0.05) is 24.8 Å². The van der Waals surface area contributed by atoms with Gasteiger partial charge in [-0.1, -0.05) is 0 Å². The first-order valence-electron chi connectivity index (χ1n) is 4.56. The van der Waals surface area contributed by atoms with E-state index >= 15 is 0 Å². The molecule has 2 rings (SSSR count). The minimum atomic E-state index is 0.224. The van der Waals surface area contributed by atoms with Crippen LogP contribution in [0.15, 0.2) is 0 Å². The highest BCUT2D eigenvalue weighted by molar-refractivity contribution is 6.20. The van der Waals surface area contributed by atoms with E-state index in [-0.39, 0.29) is 5.38 Å². The molecule has 0 fully saturated rings. The van der Waals surface area contributed by atoms with E-state index in [1.165, 1.54) is 0 Å². The number of rotatable bonds is 2. The van der Waals surface area contributed by atoms with Crippen LogP contribution in [0.3, 0.4) is 0 Å². The van der Waals surface area contributed by atoms with Crippen molar-refractivity contribution in [3.63, 3.8) is 0 Å². The van der Waals surface area contributed by atoms with Crippen molar-refractivity contribution < 1.29 is 0 Å². The highest BCUT2D eigenvalue weighted by Gasteiger charge is 2.19. The molecule has 2 heterocycles. The van der Waals surface area contributed by atoms with E-state index in [1.807, 2.05) is 4.68 Å². The Bertz CT molecular complexity index is 296. The minimum Gasteiger partial charge on any atom is -0.330 e. The van der Waals surface area contributed by atoms with E-state index in [0.29, 0.717) is 6.54 Å². The highest BCUT2D eigenvalue weighted by Crippen LogP contribution is 2.17. The predicted octanol–water partition coefficient (Wildman–Crippen LogP) is 0.333. The van der Waals surface area contributed by atoms with Crippen LogP contribution in [-0.2, 0) is 19.4 Å². The topological polar surface area (TPSA) is 56.7 Å². The molecule has 0 spiro atoms. The molecule has 1 unspecified atom stereocenters. The Morgan fingerprint density at radius 3 is 3.23 bits per heavy atom. The van der Waals surface area contributed by atoms with Gasteiger partial charge < -0.3 is 5.73 Å². The first kappa shape index (κ1) is 8.97. The van der Waals surface area contributed by atoms with E-state index in [0.717, 1.165) is 37.5 Å². The van der Waals surface area contributed by atoms with Crippen LogP contribution in [0.4, 0.5) is 0 Å². The van der Waals surface area contributed by atoms with Crippen molar-refractivity contribution in [3.05, 3.63) is 11.6 Å². The van der Waals surface area contributed by atoms with Gasteiger partial charge in [0.1, 0.15) is 5.82 Å². The molecule has 0 radical (unpaired) electrons. The van der Waals surface area contributed by atoms with Crippen LogP contribution in [0, 0.1) is 0 Å². The molecular formula is C8H13ClN4. The number of aromatic nitrogens is 3. The molecule has 1 aliphatic heterocycles. The van der Waals surface area contributed by atoms with Gasteiger partial charge in [-0.2, -0.15) is 5.10 Å². The number of aryl methyl sites for hydroxylation is 1. The van der Waals surface area contributed by atoms with Gasteiger partial charge in [0.25, 0.3) is 0 Å². The molecule has 1 aromatic heterocycles. The molecule has 0 aromatic carbocycles. The van der Waals surface area contributed by atoms with Gasteiger partial charge in [0.05, 0.1) is 0 Å². The Kier molecular flexibility index (Phi) is 2.51. The van der Waals surface area contributed by atoms with Gasteiger partial charge in [-0.25, -0.2) is 9.67 Å². The Balaban J connectivity index is 2.18. The van der Waals surface area contributed by atoms with Crippen LogP contribution in [0.1, 0.15) is 18.1 Å². The fraction of sp³-hybridized carbons (Fsp3) is 0.750. The van der Waals surface area contributed by atoms with Gasteiger partial charge in [-0.3, -0.25) is 0 Å².